The maximum absolute atomic E-state index is 12.5. The van der Waals surface area contributed by atoms with Crippen molar-refractivity contribution in [3.63, 3.8) is 0 Å². The maximum Gasteiger partial charge on any atom is 0.267 e. The summed E-state index contributed by atoms with van der Waals surface area (Å²) in [7, 11) is 0. The minimum absolute atomic E-state index is 0.239. The van der Waals surface area contributed by atoms with Crippen LogP contribution in [0, 0.1) is 13.8 Å². The molecule has 1 amide bonds. The first-order chi connectivity index (χ1) is 10.5. The summed E-state index contributed by atoms with van der Waals surface area (Å²) in [5.41, 5.74) is 2.69. The van der Waals surface area contributed by atoms with Crippen molar-refractivity contribution in [2.75, 3.05) is 5.32 Å². The predicted molar refractivity (Wildman–Crippen MR) is 95.7 cm³/mol. The quantitative estimate of drug-likeness (QED) is 0.596. The lowest BCUT2D eigenvalue weighted by molar-refractivity contribution is 0.103. The number of rotatable bonds is 2. The Bertz CT molecular complexity index is 886. The first-order valence-electron chi connectivity index (χ1n) is 6.72. The van der Waals surface area contributed by atoms with E-state index in [0.29, 0.717) is 20.6 Å². The number of amides is 1. The molecule has 5 heteroatoms. The van der Waals surface area contributed by atoms with Gasteiger partial charge in [-0.25, -0.2) is 0 Å². The van der Waals surface area contributed by atoms with Crippen LogP contribution in [0.3, 0.4) is 0 Å². The molecule has 3 aromatic rings. The van der Waals surface area contributed by atoms with Crippen molar-refractivity contribution in [1.82, 2.24) is 0 Å². The molecule has 0 aliphatic carbocycles. The molecule has 1 aromatic heterocycles. The second-order valence-corrected chi connectivity index (χ2v) is 6.97. The standard InChI is InChI=1S/C17H13Cl2NOS/c1-9-6-7-12(11(18)8-9)20-17(21)16-15(19)14-10(2)4-3-5-13(14)22-16/h3-8H,1-2H3,(H,20,21). The van der Waals surface area contributed by atoms with Gasteiger partial charge < -0.3 is 5.32 Å². The average Bonchev–Trinajstić information content (AvgIpc) is 2.80. The van der Waals surface area contributed by atoms with Crippen LogP contribution in [-0.2, 0) is 0 Å². The van der Waals surface area contributed by atoms with Crippen LogP contribution in [0.5, 0.6) is 0 Å². The van der Waals surface area contributed by atoms with Gasteiger partial charge in [0.25, 0.3) is 5.91 Å². The number of halogens is 2. The highest BCUT2D eigenvalue weighted by Gasteiger charge is 2.19. The number of hydrogen-bond acceptors (Lipinski definition) is 2. The molecule has 0 radical (unpaired) electrons. The van der Waals surface area contributed by atoms with E-state index in [1.807, 2.05) is 44.2 Å². The summed E-state index contributed by atoms with van der Waals surface area (Å²) in [5.74, 6) is -0.239. The van der Waals surface area contributed by atoms with E-state index in [2.05, 4.69) is 5.32 Å². The number of hydrogen-bond donors (Lipinski definition) is 1. The Hall–Kier alpha value is -1.55. The number of benzene rings is 2. The molecule has 0 saturated carbocycles. The molecule has 22 heavy (non-hydrogen) atoms. The van der Waals surface area contributed by atoms with Crippen LogP contribution in [0.25, 0.3) is 10.1 Å². The zero-order chi connectivity index (χ0) is 15.9. The first-order valence-corrected chi connectivity index (χ1v) is 8.29. The van der Waals surface area contributed by atoms with Crippen molar-refractivity contribution in [3.8, 4) is 0 Å². The molecule has 0 aliphatic rings. The summed E-state index contributed by atoms with van der Waals surface area (Å²) in [5, 5.41) is 4.78. The molecule has 0 spiro atoms. The molecule has 3 rings (SSSR count). The summed E-state index contributed by atoms with van der Waals surface area (Å²) in [4.78, 5) is 13.0. The smallest absolute Gasteiger partial charge is 0.267 e. The van der Waals surface area contributed by atoms with Gasteiger partial charge in [-0.1, -0.05) is 41.4 Å². The van der Waals surface area contributed by atoms with E-state index >= 15 is 0 Å². The third kappa shape index (κ3) is 2.72. The highest BCUT2D eigenvalue weighted by Crippen LogP contribution is 2.37. The van der Waals surface area contributed by atoms with Crippen molar-refractivity contribution in [2.24, 2.45) is 0 Å². The van der Waals surface area contributed by atoms with E-state index in [1.54, 1.807) is 6.07 Å². The van der Waals surface area contributed by atoms with Gasteiger partial charge in [0.15, 0.2) is 0 Å². The van der Waals surface area contributed by atoms with Crippen molar-refractivity contribution >= 4 is 56.2 Å². The molecule has 0 aliphatic heterocycles. The van der Waals surface area contributed by atoms with Crippen molar-refractivity contribution < 1.29 is 4.79 Å². The Morgan fingerprint density at radius 3 is 2.59 bits per heavy atom. The normalized spacial score (nSPS) is 10.9. The number of carbonyl (C=O) groups is 1. The molecule has 0 unspecified atom stereocenters. The molecule has 1 N–H and O–H groups in total. The van der Waals surface area contributed by atoms with Crippen molar-refractivity contribution in [3.05, 3.63) is 62.4 Å². The molecule has 0 atom stereocenters. The lowest BCUT2D eigenvalue weighted by atomic mass is 10.1. The Labute approximate surface area is 142 Å². The largest absolute Gasteiger partial charge is 0.320 e. The van der Waals surface area contributed by atoms with Gasteiger partial charge >= 0.3 is 0 Å². The maximum atomic E-state index is 12.5. The highest BCUT2D eigenvalue weighted by molar-refractivity contribution is 7.21. The third-order valence-electron chi connectivity index (χ3n) is 3.44. The van der Waals surface area contributed by atoms with E-state index in [0.717, 1.165) is 21.2 Å². The lowest BCUT2D eigenvalue weighted by Crippen LogP contribution is -2.11. The predicted octanol–water partition coefficient (Wildman–Crippen LogP) is 6.08. The fourth-order valence-corrected chi connectivity index (χ4v) is 4.18. The van der Waals surface area contributed by atoms with Crippen LogP contribution in [0.15, 0.2) is 36.4 Å². The average molecular weight is 350 g/mol. The molecular weight excluding hydrogens is 337 g/mol. The number of anilines is 1. The van der Waals surface area contributed by atoms with E-state index in [4.69, 9.17) is 23.2 Å². The van der Waals surface area contributed by atoms with Gasteiger partial charge in [0.05, 0.1) is 15.7 Å². The number of aryl methyl sites for hydroxylation is 2. The fourth-order valence-electron chi connectivity index (χ4n) is 2.32. The van der Waals surface area contributed by atoms with Crippen LogP contribution in [0.2, 0.25) is 10.0 Å². The zero-order valence-corrected chi connectivity index (χ0v) is 14.4. The van der Waals surface area contributed by atoms with Crippen LogP contribution >= 0.6 is 34.5 Å². The SMILES string of the molecule is Cc1ccc(NC(=O)c2sc3cccc(C)c3c2Cl)c(Cl)c1. The molecule has 0 saturated heterocycles. The lowest BCUT2D eigenvalue weighted by Gasteiger charge is -2.07. The van der Waals surface area contributed by atoms with Gasteiger partial charge in [-0.3, -0.25) is 4.79 Å². The Morgan fingerprint density at radius 1 is 1.14 bits per heavy atom. The highest BCUT2D eigenvalue weighted by atomic mass is 35.5. The molecule has 0 bridgehead atoms. The van der Waals surface area contributed by atoms with Crippen molar-refractivity contribution in [1.29, 1.82) is 0 Å². The second-order valence-electron chi connectivity index (χ2n) is 5.13. The van der Waals surface area contributed by atoms with E-state index in [9.17, 15) is 4.79 Å². The summed E-state index contributed by atoms with van der Waals surface area (Å²) in [6.07, 6.45) is 0. The molecule has 2 nitrogen and oxygen atoms in total. The minimum Gasteiger partial charge on any atom is -0.320 e. The first kappa shape index (κ1) is 15.3. The van der Waals surface area contributed by atoms with Crippen LogP contribution in [0.1, 0.15) is 20.8 Å². The Morgan fingerprint density at radius 2 is 1.91 bits per heavy atom. The van der Waals surface area contributed by atoms with Gasteiger partial charge in [0, 0.05) is 10.1 Å². The summed E-state index contributed by atoms with van der Waals surface area (Å²) in [6.45, 7) is 3.93. The van der Waals surface area contributed by atoms with E-state index in [-0.39, 0.29) is 5.91 Å². The molecule has 1 heterocycles. The number of fused-ring (bicyclic) bond motifs is 1. The zero-order valence-electron chi connectivity index (χ0n) is 12.0. The number of nitrogens with one attached hydrogen (secondary N) is 1. The van der Waals surface area contributed by atoms with E-state index < -0.39 is 0 Å². The Balaban J connectivity index is 1.99. The van der Waals surface area contributed by atoms with Crippen LogP contribution < -0.4 is 5.32 Å². The summed E-state index contributed by atoms with van der Waals surface area (Å²) in [6, 6.07) is 11.4. The van der Waals surface area contributed by atoms with E-state index in [1.165, 1.54) is 11.3 Å². The summed E-state index contributed by atoms with van der Waals surface area (Å²) >= 11 is 14.0. The summed E-state index contributed by atoms with van der Waals surface area (Å²) < 4.78 is 1.00. The number of carbonyl (C=O) groups excluding carboxylic acids is 1. The number of thiophene rings is 1. The fraction of sp³-hybridized carbons (Fsp3) is 0.118. The molecular formula is C17H13Cl2NOS. The Kier molecular flexibility index (Phi) is 4.13. The van der Waals surface area contributed by atoms with Gasteiger partial charge in [-0.2, -0.15) is 0 Å². The molecule has 2 aromatic carbocycles. The van der Waals surface area contributed by atoms with Gasteiger partial charge in [-0.15, -0.1) is 11.3 Å². The monoisotopic (exact) mass is 349 g/mol. The second kappa shape index (κ2) is 5.92. The molecule has 112 valence electrons. The van der Waals surface area contributed by atoms with Gasteiger partial charge in [0.2, 0.25) is 0 Å². The van der Waals surface area contributed by atoms with Gasteiger partial charge in [-0.05, 0) is 43.2 Å². The third-order valence-corrected chi connectivity index (χ3v) is 5.40. The topological polar surface area (TPSA) is 29.1 Å². The molecule has 0 fully saturated rings. The van der Waals surface area contributed by atoms with Crippen LogP contribution in [0.4, 0.5) is 5.69 Å². The van der Waals surface area contributed by atoms with Crippen LogP contribution in [-0.4, -0.2) is 5.91 Å². The van der Waals surface area contributed by atoms with Crippen molar-refractivity contribution in [2.45, 2.75) is 13.8 Å². The van der Waals surface area contributed by atoms with Gasteiger partial charge in [0.1, 0.15) is 4.88 Å². The minimum atomic E-state index is -0.239.